The van der Waals surface area contributed by atoms with Gasteiger partial charge in [-0.15, -0.1) is 0 Å². The van der Waals surface area contributed by atoms with Gasteiger partial charge in [0.25, 0.3) is 0 Å². The van der Waals surface area contributed by atoms with Crippen LogP contribution < -0.4 is 0 Å². The standard InChI is InChI=1S/C21H30O/c1-4-15-5-8-19-20-13(2)11-14-12-16(22)6-7-17(14)18(20)9-10-21(15,19)3/h4,7,12-13,16,18-20,22H,5-6,8-11H2,1-3H3/b15-4-/t13-,16?,18?,19?,20?,21-/m1/s1. The number of allylic oxidation sites excluding steroid dienone is 4. The molecule has 120 valence electrons. The first-order valence-electron chi connectivity index (χ1n) is 9.29. The summed E-state index contributed by atoms with van der Waals surface area (Å²) < 4.78 is 0. The molecule has 6 atom stereocenters. The first-order chi connectivity index (χ1) is 10.5. The largest absolute Gasteiger partial charge is 0.389 e. The van der Waals surface area contributed by atoms with Crippen molar-refractivity contribution in [1.29, 1.82) is 0 Å². The van der Waals surface area contributed by atoms with Gasteiger partial charge in [-0.1, -0.05) is 37.6 Å². The molecule has 0 aliphatic heterocycles. The van der Waals surface area contributed by atoms with Gasteiger partial charge in [0.15, 0.2) is 0 Å². The maximum absolute atomic E-state index is 9.96. The minimum Gasteiger partial charge on any atom is -0.389 e. The van der Waals surface area contributed by atoms with E-state index in [0.29, 0.717) is 5.41 Å². The van der Waals surface area contributed by atoms with Crippen LogP contribution in [0.15, 0.2) is 34.9 Å². The molecule has 4 aliphatic carbocycles. The van der Waals surface area contributed by atoms with Gasteiger partial charge in [0, 0.05) is 0 Å². The van der Waals surface area contributed by atoms with Gasteiger partial charge in [-0.2, -0.15) is 0 Å². The third kappa shape index (κ3) is 1.94. The van der Waals surface area contributed by atoms with Crippen LogP contribution in [0.5, 0.6) is 0 Å². The summed E-state index contributed by atoms with van der Waals surface area (Å²) in [5.74, 6) is 3.26. The molecule has 0 aromatic heterocycles. The van der Waals surface area contributed by atoms with E-state index in [-0.39, 0.29) is 6.10 Å². The van der Waals surface area contributed by atoms with Crippen LogP contribution in [0.3, 0.4) is 0 Å². The quantitative estimate of drug-likeness (QED) is 0.622. The van der Waals surface area contributed by atoms with E-state index in [9.17, 15) is 5.11 Å². The summed E-state index contributed by atoms with van der Waals surface area (Å²) in [6.45, 7) is 7.26. The average Bonchev–Trinajstić information content (AvgIpc) is 2.83. The predicted molar refractivity (Wildman–Crippen MR) is 91.4 cm³/mol. The molecule has 1 heteroatoms. The van der Waals surface area contributed by atoms with Gasteiger partial charge in [0.05, 0.1) is 6.10 Å². The maximum Gasteiger partial charge on any atom is 0.0761 e. The molecule has 3 fully saturated rings. The molecule has 0 heterocycles. The minimum atomic E-state index is -0.238. The van der Waals surface area contributed by atoms with E-state index in [4.69, 9.17) is 0 Å². The Morgan fingerprint density at radius 3 is 2.91 bits per heavy atom. The van der Waals surface area contributed by atoms with Crippen molar-refractivity contribution >= 4 is 0 Å². The summed E-state index contributed by atoms with van der Waals surface area (Å²) in [6.07, 6.45) is 14.1. The molecule has 3 saturated carbocycles. The van der Waals surface area contributed by atoms with E-state index in [0.717, 1.165) is 30.1 Å². The highest BCUT2D eigenvalue weighted by Crippen LogP contribution is 2.64. The van der Waals surface area contributed by atoms with E-state index in [1.165, 1.54) is 37.7 Å². The molecule has 0 aromatic rings. The summed E-state index contributed by atoms with van der Waals surface area (Å²) >= 11 is 0. The number of hydrogen-bond donors (Lipinski definition) is 1. The first-order valence-corrected chi connectivity index (χ1v) is 9.29. The van der Waals surface area contributed by atoms with Crippen LogP contribution in [-0.4, -0.2) is 11.2 Å². The SMILES string of the molecule is C/C=C1/CCC2C3C(CC[C@]12C)C1=CCC(O)C=C1C[C@H]3C. The fourth-order valence-electron chi connectivity index (χ4n) is 6.51. The van der Waals surface area contributed by atoms with Gasteiger partial charge >= 0.3 is 0 Å². The zero-order valence-corrected chi connectivity index (χ0v) is 14.3. The summed E-state index contributed by atoms with van der Waals surface area (Å²) in [5, 5.41) is 9.96. The van der Waals surface area contributed by atoms with Crippen LogP contribution in [0, 0.1) is 29.1 Å². The van der Waals surface area contributed by atoms with Crippen molar-refractivity contribution in [1.82, 2.24) is 0 Å². The zero-order chi connectivity index (χ0) is 15.5. The smallest absolute Gasteiger partial charge is 0.0761 e. The van der Waals surface area contributed by atoms with E-state index < -0.39 is 0 Å². The molecule has 0 aromatic carbocycles. The van der Waals surface area contributed by atoms with Gasteiger partial charge < -0.3 is 5.11 Å². The number of rotatable bonds is 0. The lowest BCUT2D eigenvalue weighted by atomic mass is 9.51. The van der Waals surface area contributed by atoms with Crippen molar-refractivity contribution in [3.05, 3.63) is 34.9 Å². The number of hydrogen-bond acceptors (Lipinski definition) is 1. The molecule has 0 radical (unpaired) electrons. The molecule has 4 rings (SSSR count). The summed E-state index contributed by atoms with van der Waals surface area (Å²) in [7, 11) is 0. The summed E-state index contributed by atoms with van der Waals surface area (Å²) in [5.41, 5.74) is 5.29. The van der Waals surface area contributed by atoms with Crippen LogP contribution in [0.25, 0.3) is 0 Å². The number of aliphatic hydroxyl groups is 1. The number of fused-ring (bicyclic) bond motifs is 5. The van der Waals surface area contributed by atoms with Crippen molar-refractivity contribution in [2.45, 2.75) is 65.4 Å². The molecular formula is C21H30O. The van der Waals surface area contributed by atoms with Gasteiger partial charge in [-0.25, -0.2) is 0 Å². The third-order valence-electron chi connectivity index (χ3n) is 7.47. The Morgan fingerprint density at radius 1 is 1.32 bits per heavy atom. The second-order valence-electron chi connectivity index (χ2n) is 8.43. The fourth-order valence-corrected chi connectivity index (χ4v) is 6.51. The second kappa shape index (κ2) is 5.09. The van der Waals surface area contributed by atoms with Gasteiger partial charge in [0.2, 0.25) is 0 Å². The van der Waals surface area contributed by atoms with Crippen LogP contribution in [0.1, 0.15) is 59.3 Å². The molecule has 22 heavy (non-hydrogen) atoms. The van der Waals surface area contributed by atoms with Crippen LogP contribution >= 0.6 is 0 Å². The Morgan fingerprint density at radius 2 is 2.14 bits per heavy atom. The Labute approximate surface area is 135 Å². The highest BCUT2D eigenvalue weighted by Gasteiger charge is 2.54. The van der Waals surface area contributed by atoms with Crippen molar-refractivity contribution < 1.29 is 5.11 Å². The lowest BCUT2D eigenvalue weighted by Gasteiger charge is -2.53. The second-order valence-corrected chi connectivity index (χ2v) is 8.43. The fraction of sp³-hybridized carbons (Fsp3) is 0.714. The molecule has 1 N–H and O–H groups in total. The average molecular weight is 298 g/mol. The molecule has 4 aliphatic rings. The zero-order valence-electron chi connectivity index (χ0n) is 14.3. The third-order valence-corrected chi connectivity index (χ3v) is 7.47. The molecule has 0 spiro atoms. The van der Waals surface area contributed by atoms with E-state index in [1.807, 2.05) is 0 Å². The van der Waals surface area contributed by atoms with E-state index in [1.54, 1.807) is 11.1 Å². The highest BCUT2D eigenvalue weighted by atomic mass is 16.3. The minimum absolute atomic E-state index is 0.238. The molecule has 0 bridgehead atoms. The summed E-state index contributed by atoms with van der Waals surface area (Å²) in [6, 6.07) is 0. The number of aliphatic hydroxyl groups excluding tert-OH is 1. The predicted octanol–water partition coefficient (Wildman–Crippen LogP) is 5.03. The Kier molecular flexibility index (Phi) is 3.41. The van der Waals surface area contributed by atoms with E-state index >= 15 is 0 Å². The molecule has 1 nitrogen and oxygen atoms in total. The van der Waals surface area contributed by atoms with Crippen molar-refractivity contribution in [3.8, 4) is 0 Å². The lowest BCUT2D eigenvalue weighted by molar-refractivity contribution is 0.0304. The van der Waals surface area contributed by atoms with Crippen LogP contribution in [0.2, 0.25) is 0 Å². The molecule has 0 saturated heterocycles. The van der Waals surface area contributed by atoms with Crippen LogP contribution in [0.4, 0.5) is 0 Å². The topological polar surface area (TPSA) is 20.2 Å². The monoisotopic (exact) mass is 298 g/mol. The maximum atomic E-state index is 9.96. The van der Waals surface area contributed by atoms with Crippen molar-refractivity contribution in [2.75, 3.05) is 0 Å². The van der Waals surface area contributed by atoms with E-state index in [2.05, 4.69) is 39.0 Å². The van der Waals surface area contributed by atoms with Crippen LogP contribution in [-0.2, 0) is 0 Å². The van der Waals surface area contributed by atoms with Gasteiger partial charge in [-0.05, 0) is 85.7 Å². The van der Waals surface area contributed by atoms with Crippen molar-refractivity contribution in [3.63, 3.8) is 0 Å². The Bertz CT molecular complexity index is 566. The van der Waals surface area contributed by atoms with Crippen molar-refractivity contribution in [2.24, 2.45) is 29.1 Å². The summed E-state index contributed by atoms with van der Waals surface area (Å²) in [4.78, 5) is 0. The van der Waals surface area contributed by atoms with Gasteiger partial charge in [-0.3, -0.25) is 0 Å². The first kappa shape index (κ1) is 14.8. The Hall–Kier alpha value is -0.820. The van der Waals surface area contributed by atoms with Gasteiger partial charge in [0.1, 0.15) is 0 Å². The molecule has 0 amide bonds. The molecular weight excluding hydrogens is 268 g/mol. The normalized spacial score (nSPS) is 49.1. The Balaban J connectivity index is 1.71. The molecule has 4 unspecified atom stereocenters. The lowest BCUT2D eigenvalue weighted by Crippen LogP contribution is -2.45. The highest BCUT2D eigenvalue weighted by molar-refractivity contribution is 5.41.